The van der Waals surface area contributed by atoms with Gasteiger partial charge in [-0.05, 0) is 72.0 Å². The summed E-state index contributed by atoms with van der Waals surface area (Å²) in [5, 5.41) is 4.21. The van der Waals surface area contributed by atoms with E-state index in [-0.39, 0.29) is 0 Å². The molecule has 1 fully saturated rings. The Morgan fingerprint density at radius 2 is 2.11 bits per heavy atom. The van der Waals surface area contributed by atoms with E-state index in [1.54, 1.807) is 0 Å². The molecule has 1 aromatic carbocycles. The van der Waals surface area contributed by atoms with E-state index in [1.807, 2.05) is 6.07 Å². The molecule has 106 valence electrons. The summed E-state index contributed by atoms with van der Waals surface area (Å²) in [5.74, 6) is 0.844. The Labute approximate surface area is 129 Å². The van der Waals surface area contributed by atoms with Crippen molar-refractivity contribution in [2.45, 2.75) is 26.3 Å². The van der Waals surface area contributed by atoms with Crippen LogP contribution in [0.25, 0.3) is 0 Å². The summed E-state index contributed by atoms with van der Waals surface area (Å²) in [5.41, 5.74) is 1.33. The summed E-state index contributed by atoms with van der Waals surface area (Å²) in [6, 6.07) is 6.23. The van der Waals surface area contributed by atoms with Crippen LogP contribution >= 0.6 is 27.5 Å². The number of hydrogen-bond acceptors (Lipinski definition) is 2. The Hall–Kier alpha value is -0.0900. The molecule has 1 heterocycles. The van der Waals surface area contributed by atoms with Gasteiger partial charge in [0.25, 0.3) is 0 Å². The summed E-state index contributed by atoms with van der Waals surface area (Å²) in [7, 11) is 0. The van der Waals surface area contributed by atoms with E-state index in [4.69, 9.17) is 11.6 Å². The van der Waals surface area contributed by atoms with Crippen LogP contribution in [-0.2, 0) is 6.54 Å². The molecule has 0 amide bonds. The molecule has 1 aliphatic rings. The zero-order valence-corrected chi connectivity index (χ0v) is 13.8. The zero-order chi connectivity index (χ0) is 13.7. The van der Waals surface area contributed by atoms with E-state index < -0.39 is 0 Å². The van der Waals surface area contributed by atoms with Crippen LogP contribution in [0, 0.1) is 5.92 Å². The Kier molecular flexibility index (Phi) is 6.14. The van der Waals surface area contributed by atoms with E-state index in [2.05, 4.69) is 45.2 Å². The van der Waals surface area contributed by atoms with Crippen molar-refractivity contribution in [2.24, 2.45) is 5.92 Å². The first kappa shape index (κ1) is 15.3. The minimum Gasteiger partial charge on any atom is -0.317 e. The van der Waals surface area contributed by atoms with E-state index in [0.717, 1.165) is 28.5 Å². The maximum absolute atomic E-state index is 6.04. The highest BCUT2D eigenvalue weighted by molar-refractivity contribution is 9.10. The van der Waals surface area contributed by atoms with E-state index in [0.29, 0.717) is 0 Å². The van der Waals surface area contributed by atoms with Crippen molar-refractivity contribution < 1.29 is 0 Å². The quantitative estimate of drug-likeness (QED) is 0.870. The standard InChI is InChI=1S/C15H22BrClN2/c1-2-19(10-12-5-7-18-8-6-12)11-13-3-4-15(17)14(16)9-13/h3-4,9,12,18H,2,5-8,10-11H2,1H3. The third-order valence-electron chi connectivity index (χ3n) is 3.81. The van der Waals surface area contributed by atoms with Crippen LogP contribution in [0.4, 0.5) is 0 Å². The van der Waals surface area contributed by atoms with Crippen molar-refractivity contribution in [1.29, 1.82) is 0 Å². The summed E-state index contributed by atoms with van der Waals surface area (Å²) in [6.07, 6.45) is 2.61. The van der Waals surface area contributed by atoms with Crippen molar-refractivity contribution in [3.63, 3.8) is 0 Å². The Balaban J connectivity index is 1.92. The van der Waals surface area contributed by atoms with Gasteiger partial charge in [0, 0.05) is 17.6 Å². The lowest BCUT2D eigenvalue weighted by Crippen LogP contribution is -2.35. The van der Waals surface area contributed by atoms with Crippen LogP contribution < -0.4 is 5.32 Å². The van der Waals surface area contributed by atoms with Gasteiger partial charge in [0.15, 0.2) is 0 Å². The largest absolute Gasteiger partial charge is 0.317 e. The average molecular weight is 346 g/mol. The molecule has 1 aliphatic heterocycles. The molecule has 2 rings (SSSR count). The fourth-order valence-corrected chi connectivity index (χ4v) is 3.17. The van der Waals surface area contributed by atoms with Gasteiger partial charge in [0.2, 0.25) is 0 Å². The second kappa shape index (κ2) is 7.63. The number of benzene rings is 1. The highest BCUT2D eigenvalue weighted by Gasteiger charge is 2.16. The number of halogens is 2. The monoisotopic (exact) mass is 344 g/mol. The summed E-state index contributed by atoms with van der Waals surface area (Å²) in [4.78, 5) is 2.53. The summed E-state index contributed by atoms with van der Waals surface area (Å²) >= 11 is 9.54. The van der Waals surface area contributed by atoms with Crippen molar-refractivity contribution in [1.82, 2.24) is 10.2 Å². The molecule has 1 aromatic rings. The maximum Gasteiger partial charge on any atom is 0.0548 e. The lowest BCUT2D eigenvalue weighted by atomic mass is 9.97. The molecule has 0 bridgehead atoms. The molecule has 0 atom stereocenters. The van der Waals surface area contributed by atoms with Crippen LogP contribution in [0.5, 0.6) is 0 Å². The van der Waals surface area contributed by atoms with Gasteiger partial charge in [-0.25, -0.2) is 0 Å². The van der Waals surface area contributed by atoms with E-state index in [9.17, 15) is 0 Å². The molecule has 0 aromatic heterocycles. The van der Waals surface area contributed by atoms with Gasteiger partial charge in [-0.1, -0.05) is 24.6 Å². The molecule has 1 saturated heterocycles. The minimum absolute atomic E-state index is 0.783. The SMILES string of the molecule is CCN(Cc1ccc(Cl)c(Br)c1)CC1CCNCC1. The van der Waals surface area contributed by atoms with Crippen molar-refractivity contribution in [3.05, 3.63) is 33.3 Å². The van der Waals surface area contributed by atoms with E-state index >= 15 is 0 Å². The Bertz CT molecular complexity index is 405. The normalized spacial score (nSPS) is 17.1. The van der Waals surface area contributed by atoms with Gasteiger partial charge in [-0.2, -0.15) is 0 Å². The minimum atomic E-state index is 0.783. The van der Waals surface area contributed by atoms with Gasteiger partial charge in [0.05, 0.1) is 5.02 Å². The predicted octanol–water partition coefficient (Wildman–Crippen LogP) is 3.92. The Morgan fingerprint density at radius 1 is 1.37 bits per heavy atom. The Morgan fingerprint density at radius 3 is 2.74 bits per heavy atom. The average Bonchev–Trinajstić information content (AvgIpc) is 2.43. The third kappa shape index (κ3) is 4.75. The highest BCUT2D eigenvalue weighted by atomic mass is 79.9. The lowest BCUT2D eigenvalue weighted by molar-refractivity contribution is 0.207. The second-order valence-corrected chi connectivity index (χ2v) is 6.53. The maximum atomic E-state index is 6.04. The first-order chi connectivity index (χ1) is 9.19. The molecule has 0 aliphatic carbocycles. The molecular weight excluding hydrogens is 324 g/mol. The van der Waals surface area contributed by atoms with Crippen LogP contribution in [0.15, 0.2) is 22.7 Å². The van der Waals surface area contributed by atoms with Crippen LogP contribution in [0.1, 0.15) is 25.3 Å². The number of nitrogens with zero attached hydrogens (tertiary/aromatic N) is 1. The van der Waals surface area contributed by atoms with Crippen LogP contribution in [0.2, 0.25) is 5.02 Å². The molecular formula is C15H22BrClN2. The van der Waals surface area contributed by atoms with Crippen molar-refractivity contribution in [3.8, 4) is 0 Å². The molecule has 19 heavy (non-hydrogen) atoms. The fraction of sp³-hybridized carbons (Fsp3) is 0.600. The van der Waals surface area contributed by atoms with Crippen LogP contribution in [0.3, 0.4) is 0 Å². The summed E-state index contributed by atoms with van der Waals surface area (Å²) in [6.45, 7) is 7.91. The number of nitrogens with one attached hydrogen (secondary N) is 1. The van der Waals surface area contributed by atoms with Gasteiger partial charge in [-0.3, -0.25) is 4.90 Å². The molecule has 0 spiro atoms. The predicted molar refractivity (Wildman–Crippen MR) is 85.7 cm³/mol. The molecule has 4 heteroatoms. The van der Waals surface area contributed by atoms with Crippen molar-refractivity contribution in [2.75, 3.05) is 26.2 Å². The zero-order valence-electron chi connectivity index (χ0n) is 11.5. The molecule has 1 N–H and O–H groups in total. The summed E-state index contributed by atoms with van der Waals surface area (Å²) < 4.78 is 0.990. The van der Waals surface area contributed by atoms with E-state index in [1.165, 1.54) is 38.0 Å². The molecule has 2 nitrogen and oxygen atoms in total. The number of hydrogen-bond donors (Lipinski definition) is 1. The third-order valence-corrected chi connectivity index (χ3v) is 5.03. The van der Waals surface area contributed by atoms with Crippen molar-refractivity contribution >= 4 is 27.5 Å². The molecule has 0 radical (unpaired) electrons. The number of piperidine rings is 1. The topological polar surface area (TPSA) is 15.3 Å². The highest BCUT2D eigenvalue weighted by Crippen LogP contribution is 2.24. The number of rotatable bonds is 5. The first-order valence-electron chi connectivity index (χ1n) is 7.06. The van der Waals surface area contributed by atoms with Gasteiger partial charge < -0.3 is 5.32 Å². The smallest absolute Gasteiger partial charge is 0.0548 e. The van der Waals surface area contributed by atoms with Crippen LogP contribution in [-0.4, -0.2) is 31.1 Å². The second-order valence-electron chi connectivity index (χ2n) is 5.27. The molecule has 0 unspecified atom stereocenters. The molecule has 0 saturated carbocycles. The lowest BCUT2D eigenvalue weighted by Gasteiger charge is -2.29. The first-order valence-corrected chi connectivity index (χ1v) is 8.23. The fourth-order valence-electron chi connectivity index (χ4n) is 2.63. The van der Waals surface area contributed by atoms with Gasteiger partial charge in [-0.15, -0.1) is 0 Å². The van der Waals surface area contributed by atoms with Gasteiger partial charge in [0.1, 0.15) is 0 Å². The van der Waals surface area contributed by atoms with Gasteiger partial charge >= 0.3 is 0 Å².